The number of rotatable bonds is 1. The Bertz CT molecular complexity index is 148. The average molecular weight is 115 g/mol. The Morgan fingerprint density at radius 1 is 1.86 bits per heavy atom. The summed E-state index contributed by atoms with van der Waals surface area (Å²) in [7, 11) is -0.0899. The summed E-state index contributed by atoms with van der Waals surface area (Å²) >= 11 is 0. The fourth-order valence-corrected chi connectivity index (χ4v) is 0.432. The van der Waals surface area contributed by atoms with Gasteiger partial charge in [0.2, 0.25) is 8.46 Å². The molecule has 0 spiro atoms. The summed E-state index contributed by atoms with van der Waals surface area (Å²) in [4.78, 5) is 0. The summed E-state index contributed by atoms with van der Waals surface area (Å²) in [6.07, 6.45) is 1.47. The maximum atomic E-state index is 9.84. The van der Waals surface area contributed by atoms with Gasteiger partial charge in [-0.05, 0) is 0 Å². The average Bonchev–Trinajstić information content (AvgIpc) is 2.14. The molecule has 0 aliphatic rings. The molecular formula is C2H2N3OP. The highest BCUT2D eigenvalue weighted by Crippen LogP contribution is 1.83. The minimum Gasteiger partial charge on any atom is -0.267 e. The fraction of sp³-hybridized carbons (Fsp3) is 0. The summed E-state index contributed by atoms with van der Waals surface area (Å²) < 4.78 is 9.84. The van der Waals surface area contributed by atoms with Crippen LogP contribution in [-0.4, -0.2) is 15.4 Å². The summed E-state index contributed by atoms with van der Waals surface area (Å²) in [5, 5.41) is 9.13. The molecule has 7 heavy (non-hydrogen) atoms. The Balaban J connectivity index is 2.96. The van der Waals surface area contributed by atoms with Crippen LogP contribution in [-0.2, 0) is 4.57 Å². The lowest BCUT2D eigenvalue weighted by atomic mass is 11.0. The molecule has 1 N–H and O–H groups in total. The molecule has 4 nitrogen and oxygen atoms in total. The normalized spacial score (nSPS) is 9.71. The summed E-state index contributed by atoms with van der Waals surface area (Å²) in [6.45, 7) is 0. The molecule has 0 radical (unpaired) electrons. The van der Waals surface area contributed by atoms with Crippen LogP contribution in [0.4, 0.5) is 0 Å². The Morgan fingerprint density at radius 3 is 3.00 bits per heavy atom. The second kappa shape index (κ2) is 1.80. The molecule has 1 aromatic rings. The van der Waals surface area contributed by atoms with Crippen molar-refractivity contribution < 1.29 is 4.57 Å². The van der Waals surface area contributed by atoms with Crippen LogP contribution in [0.25, 0.3) is 0 Å². The first kappa shape index (κ1) is 4.40. The molecule has 0 unspecified atom stereocenters. The van der Waals surface area contributed by atoms with Crippen molar-refractivity contribution >= 4 is 13.9 Å². The molecular weight excluding hydrogens is 113 g/mol. The van der Waals surface area contributed by atoms with Crippen molar-refractivity contribution in [3.05, 3.63) is 6.20 Å². The van der Waals surface area contributed by atoms with Crippen LogP contribution in [0.15, 0.2) is 6.20 Å². The molecule has 0 saturated carbocycles. The summed E-state index contributed by atoms with van der Waals surface area (Å²) in [5.41, 5.74) is 0.431. The Labute approximate surface area is 41.1 Å². The van der Waals surface area contributed by atoms with Crippen molar-refractivity contribution in [2.75, 3.05) is 0 Å². The van der Waals surface area contributed by atoms with E-state index in [4.69, 9.17) is 0 Å². The largest absolute Gasteiger partial charge is 0.267 e. The molecule has 0 aliphatic carbocycles. The Kier molecular flexibility index (Phi) is 1.13. The topological polar surface area (TPSA) is 58.6 Å². The molecule has 0 bridgehead atoms. The van der Waals surface area contributed by atoms with Crippen LogP contribution in [0.3, 0.4) is 0 Å². The first-order chi connectivity index (χ1) is 3.43. The number of hydrogen-bond donors (Lipinski definition) is 1. The Hall–Kier alpha value is -0.760. The fourth-order valence-electron chi connectivity index (χ4n) is 0.240. The number of aromatic nitrogens is 3. The SMILES string of the molecule is O=Pc1c[nH]nn1. The second-order valence-electron chi connectivity index (χ2n) is 0.923. The Morgan fingerprint density at radius 2 is 2.71 bits per heavy atom. The maximum Gasteiger partial charge on any atom is 0.216 e. The molecule has 1 heterocycles. The monoisotopic (exact) mass is 115 g/mol. The first-order valence-corrected chi connectivity index (χ1v) is 2.44. The lowest BCUT2D eigenvalue weighted by Crippen LogP contribution is -1.87. The van der Waals surface area contributed by atoms with Gasteiger partial charge in [0.1, 0.15) is 0 Å². The molecule has 0 aliphatic heterocycles. The smallest absolute Gasteiger partial charge is 0.216 e. The lowest BCUT2D eigenvalue weighted by Gasteiger charge is -1.59. The van der Waals surface area contributed by atoms with Crippen LogP contribution in [0, 0.1) is 0 Å². The second-order valence-corrected chi connectivity index (χ2v) is 1.56. The number of nitrogens with zero attached hydrogens (tertiary/aromatic N) is 2. The molecule has 0 aromatic carbocycles. The first-order valence-electron chi connectivity index (χ1n) is 1.63. The van der Waals surface area contributed by atoms with E-state index in [1.807, 2.05) is 0 Å². The van der Waals surface area contributed by atoms with E-state index in [1.54, 1.807) is 0 Å². The van der Waals surface area contributed by atoms with E-state index in [9.17, 15) is 4.57 Å². The number of aromatic amines is 1. The molecule has 1 aromatic heterocycles. The zero-order chi connectivity index (χ0) is 5.11. The maximum absolute atomic E-state index is 9.84. The van der Waals surface area contributed by atoms with Crippen LogP contribution in [0.2, 0.25) is 0 Å². The van der Waals surface area contributed by atoms with Crippen molar-refractivity contribution in [3.8, 4) is 0 Å². The minimum atomic E-state index is -0.0899. The molecule has 5 heteroatoms. The van der Waals surface area contributed by atoms with Gasteiger partial charge in [-0.1, -0.05) is 5.21 Å². The van der Waals surface area contributed by atoms with Gasteiger partial charge < -0.3 is 0 Å². The predicted molar refractivity (Wildman–Crippen MR) is 23.6 cm³/mol. The molecule has 0 saturated heterocycles. The van der Waals surface area contributed by atoms with E-state index in [-0.39, 0.29) is 8.46 Å². The van der Waals surface area contributed by atoms with Crippen LogP contribution in [0.5, 0.6) is 0 Å². The van der Waals surface area contributed by atoms with Crippen LogP contribution >= 0.6 is 8.46 Å². The number of nitrogens with one attached hydrogen (secondary N) is 1. The molecule has 36 valence electrons. The van der Waals surface area contributed by atoms with Crippen LogP contribution < -0.4 is 5.44 Å². The van der Waals surface area contributed by atoms with Crippen molar-refractivity contribution in [1.82, 2.24) is 15.4 Å². The number of H-pyrrole nitrogens is 1. The van der Waals surface area contributed by atoms with Crippen molar-refractivity contribution in [1.29, 1.82) is 0 Å². The lowest BCUT2D eigenvalue weighted by molar-refractivity contribution is 0.602. The van der Waals surface area contributed by atoms with Crippen molar-refractivity contribution in [2.24, 2.45) is 0 Å². The number of hydrogen-bond acceptors (Lipinski definition) is 3. The van der Waals surface area contributed by atoms with E-state index in [0.29, 0.717) is 5.44 Å². The van der Waals surface area contributed by atoms with Crippen molar-refractivity contribution in [3.63, 3.8) is 0 Å². The van der Waals surface area contributed by atoms with Gasteiger partial charge in [0.25, 0.3) is 0 Å². The van der Waals surface area contributed by atoms with Gasteiger partial charge in [-0.2, -0.15) is 0 Å². The van der Waals surface area contributed by atoms with E-state index in [2.05, 4.69) is 15.4 Å². The van der Waals surface area contributed by atoms with Gasteiger partial charge in [-0.3, -0.25) is 9.66 Å². The minimum absolute atomic E-state index is 0.0899. The van der Waals surface area contributed by atoms with Crippen LogP contribution in [0.1, 0.15) is 0 Å². The zero-order valence-corrected chi connectivity index (χ0v) is 4.22. The van der Waals surface area contributed by atoms with E-state index in [1.165, 1.54) is 6.20 Å². The summed E-state index contributed by atoms with van der Waals surface area (Å²) in [6, 6.07) is 0. The summed E-state index contributed by atoms with van der Waals surface area (Å²) in [5.74, 6) is 0. The van der Waals surface area contributed by atoms with Gasteiger partial charge >= 0.3 is 0 Å². The quantitative estimate of drug-likeness (QED) is 0.512. The highest BCUT2D eigenvalue weighted by Gasteiger charge is 1.87. The van der Waals surface area contributed by atoms with Gasteiger partial charge in [0.05, 0.1) is 6.20 Å². The van der Waals surface area contributed by atoms with Gasteiger partial charge in [0.15, 0.2) is 5.44 Å². The van der Waals surface area contributed by atoms with Gasteiger partial charge in [-0.15, -0.1) is 5.10 Å². The molecule has 1 rings (SSSR count). The third-order valence-electron chi connectivity index (χ3n) is 0.497. The predicted octanol–water partition coefficient (Wildman–Crippen LogP) is -0.278. The highest BCUT2D eigenvalue weighted by atomic mass is 31.1. The standard InChI is InChI=1S/C2H2N3OP/c6-7-2-1-3-5-4-2/h1H,(H,3,4,5). The van der Waals surface area contributed by atoms with E-state index in [0.717, 1.165) is 0 Å². The van der Waals surface area contributed by atoms with E-state index < -0.39 is 0 Å². The van der Waals surface area contributed by atoms with E-state index >= 15 is 0 Å². The van der Waals surface area contributed by atoms with Gasteiger partial charge in [-0.25, -0.2) is 0 Å². The third kappa shape index (κ3) is 0.810. The molecule has 0 atom stereocenters. The van der Waals surface area contributed by atoms with Gasteiger partial charge in [0, 0.05) is 0 Å². The highest BCUT2D eigenvalue weighted by molar-refractivity contribution is 7.33. The molecule has 0 fully saturated rings. The third-order valence-corrected chi connectivity index (χ3v) is 0.903. The van der Waals surface area contributed by atoms with Crippen molar-refractivity contribution in [2.45, 2.75) is 0 Å². The zero-order valence-electron chi connectivity index (χ0n) is 3.33. The molecule has 0 amide bonds.